The van der Waals surface area contributed by atoms with Crippen LogP contribution in [-0.4, -0.2) is 31.7 Å². The second kappa shape index (κ2) is 7.38. The lowest BCUT2D eigenvalue weighted by molar-refractivity contribution is -0.385. The van der Waals surface area contributed by atoms with Crippen molar-refractivity contribution in [3.05, 3.63) is 68.3 Å². The summed E-state index contributed by atoms with van der Waals surface area (Å²) in [5, 5.41) is 18.1. The van der Waals surface area contributed by atoms with E-state index >= 15 is 0 Å². The Morgan fingerprint density at radius 3 is 2.83 bits per heavy atom. The summed E-state index contributed by atoms with van der Waals surface area (Å²) in [6.07, 6.45) is 3.36. The molecule has 0 spiro atoms. The van der Waals surface area contributed by atoms with Crippen LogP contribution >= 0.6 is 0 Å². The Hall–Kier alpha value is -3.69. The number of benzene rings is 1. The molecular weight excluding hydrogens is 378 g/mol. The number of aryl methyl sites for hydroxylation is 1. The van der Waals surface area contributed by atoms with E-state index in [1.807, 2.05) is 0 Å². The van der Waals surface area contributed by atoms with E-state index in [4.69, 9.17) is 4.42 Å². The summed E-state index contributed by atoms with van der Waals surface area (Å²) in [7, 11) is 0. The summed E-state index contributed by atoms with van der Waals surface area (Å²) in [5.74, 6) is 0.542. The number of amides is 1. The highest BCUT2D eigenvalue weighted by Gasteiger charge is 2.31. The average molecular weight is 397 g/mol. The molecule has 150 valence electrons. The fourth-order valence-corrected chi connectivity index (χ4v) is 3.13. The molecule has 3 aromatic rings. The molecule has 1 N–H and O–H groups in total. The maximum atomic E-state index is 12.7. The summed E-state index contributed by atoms with van der Waals surface area (Å²) in [6.45, 7) is 1.94. The summed E-state index contributed by atoms with van der Waals surface area (Å²) in [5.41, 5.74) is 0.308. The Balaban J connectivity index is 1.47. The van der Waals surface area contributed by atoms with Gasteiger partial charge in [0.25, 0.3) is 11.6 Å². The lowest BCUT2D eigenvalue weighted by Crippen LogP contribution is -2.32. The molecule has 1 saturated carbocycles. The molecule has 29 heavy (non-hydrogen) atoms. The van der Waals surface area contributed by atoms with Gasteiger partial charge in [-0.3, -0.25) is 19.5 Å². The monoisotopic (exact) mass is 397 g/mol. The maximum absolute atomic E-state index is 12.7. The van der Waals surface area contributed by atoms with Crippen molar-refractivity contribution in [3.8, 4) is 11.6 Å². The topological polar surface area (TPSA) is 125 Å². The van der Waals surface area contributed by atoms with Crippen LogP contribution < -0.4 is 11.0 Å². The van der Waals surface area contributed by atoms with Gasteiger partial charge in [-0.15, -0.1) is 5.10 Å². The number of nitrogens with one attached hydrogen (secondary N) is 1. The number of nitro groups is 1. The van der Waals surface area contributed by atoms with Crippen molar-refractivity contribution in [3.63, 3.8) is 0 Å². The number of rotatable bonds is 7. The molecular formula is C19H19N5O5. The fourth-order valence-electron chi connectivity index (χ4n) is 3.13. The smallest absolute Gasteiger partial charge is 0.346 e. The van der Waals surface area contributed by atoms with E-state index in [9.17, 15) is 19.7 Å². The van der Waals surface area contributed by atoms with Crippen molar-refractivity contribution < 1.29 is 14.1 Å². The highest BCUT2D eigenvalue weighted by molar-refractivity contribution is 5.94. The molecule has 1 aromatic carbocycles. The van der Waals surface area contributed by atoms with Crippen LogP contribution in [0.4, 0.5) is 5.69 Å². The zero-order valence-corrected chi connectivity index (χ0v) is 15.7. The molecule has 0 unspecified atom stereocenters. The van der Waals surface area contributed by atoms with E-state index in [0.717, 1.165) is 12.8 Å². The quantitative estimate of drug-likeness (QED) is 0.482. The third kappa shape index (κ3) is 3.68. The van der Waals surface area contributed by atoms with Crippen LogP contribution in [0.25, 0.3) is 11.6 Å². The summed E-state index contributed by atoms with van der Waals surface area (Å²) < 4.78 is 8.32. The zero-order valence-electron chi connectivity index (χ0n) is 15.7. The molecule has 1 aliphatic carbocycles. The van der Waals surface area contributed by atoms with E-state index < -0.39 is 10.8 Å². The van der Waals surface area contributed by atoms with Gasteiger partial charge in [0.1, 0.15) is 0 Å². The Bertz CT molecular complexity index is 1120. The van der Waals surface area contributed by atoms with Gasteiger partial charge < -0.3 is 9.73 Å². The Labute approximate surface area is 164 Å². The van der Waals surface area contributed by atoms with Gasteiger partial charge in [0.2, 0.25) is 5.82 Å². The van der Waals surface area contributed by atoms with Gasteiger partial charge in [0.05, 0.1) is 17.7 Å². The molecule has 0 aliphatic heterocycles. The van der Waals surface area contributed by atoms with Crippen LogP contribution in [0.2, 0.25) is 0 Å². The van der Waals surface area contributed by atoms with Crippen molar-refractivity contribution in [1.29, 1.82) is 0 Å². The van der Waals surface area contributed by atoms with Gasteiger partial charge in [0, 0.05) is 29.8 Å². The third-order valence-electron chi connectivity index (χ3n) is 4.80. The van der Waals surface area contributed by atoms with Crippen LogP contribution in [0, 0.1) is 17.0 Å². The van der Waals surface area contributed by atoms with Crippen LogP contribution in [0.15, 0.2) is 45.8 Å². The zero-order chi connectivity index (χ0) is 20.5. The minimum Gasteiger partial charge on any atom is -0.461 e. The second-order valence-electron chi connectivity index (χ2n) is 6.92. The SMILES string of the molecule is Cc1ccc(C(=O)NCCn2nc(-c3ccco3)n(C3CC3)c2=O)cc1[N+](=O)[O-]. The van der Waals surface area contributed by atoms with E-state index in [-0.39, 0.29) is 36.1 Å². The number of carbonyl (C=O) groups excluding carboxylic acids is 1. The highest BCUT2D eigenvalue weighted by Crippen LogP contribution is 2.36. The molecule has 1 aliphatic rings. The van der Waals surface area contributed by atoms with Gasteiger partial charge in [0.15, 0.2) is 5.76 Å². The number of aromatic nitrogens is 3. The minimum atomic E-state index is -0.521. The predicted octanol–water partition coefficient (Wildman–Crippen LogP) is 2.29. The lowest BCUT2D eigenvalue weighted by Gasteiger charge is -2.06. The van der Waals surface area contributed by atoms with Crippen LogP contribution in [0.1, 0.15) is 34.8 Å². The van der Waals surface area contributed by atoms with Crippen molar-refractivity contribution in [1.82, 2.24) is 19.7 Å². The molecule has 0 bridgehead atoms. The Morgan fingerprint density at radius 1 is 1.38 bits per heavy atom. The van der Waals surface area contributed by atoms with Crippen LogP contribution in [0.3, 0.4) is 0 Å². The normalized spacial score (nSPS) is 13.4. The molecule has 2 heterocycles. The molecule has 0 radical (unpaired) electrons. The first-order valence-electron chi connectivity index (χ1n) is 9.22. The molecule has 1 amide bonds. The molecule has 10 heteroatoms. The Kier molecular flexibility index (Phi) is 4.75. The van der Waals surface area contributed by atoms with Crippen LogP contribution in [-0.2, 0) is 6.54 Å². The van der Waals surface area contributed by atoms with Crippen LogP contribution in [0.5, 0.6) is 0 Å². The van der Waals surface area contributed by atoms with E-state index in [2.05, 4.69) is 10.4 Å². The third-order valence-corrected chi connectivity index (χ3v) is 4.80. The number of furan rings is 1. The lowest BCUT2D eigenvalue weighted by atomic mass is 10.1. The van der Waals surface area contributed by atoms with Crippen molar-refractivity contribution in [2.24, 2.45) is 0 Å². The standard InChI is InChI=1S/C19H19N5O5/c1-12-4-5-13(11-15(12)24(27)28)18(25)20-8-9-22-19(26)23(14-6-7-14)17(21-22)16-3-2-10-29-16/h2-5,10-11,14H,6-9H2,1H3,(H,20,25). The number of hydrogen-bond donors (Lipinski definition) is 1. The molecule has 4 rings (SSSR count). The largest absolute Gasteiger partial charge is 0.461 e. The van der Waals surface area contributed by atoms with Gasteiger partial charge in [-0.1, -0.05) is 6.07 Å². The molecule has 2 aromatic heterocycles. The van der Waals surface area contributed by atoms with Crippen molar-refractivity contribution in [2.75, 3.05) is 6.54 Å². The number of hydrogen-bond acceptors (Lipinski definition) is 6. The summed E-state index contributed by atoms with van der Waals surface area (Å²) in [6, 6.07) is 7.91. The number of carbonyl (C=O) groups is 1. The first-order valence-corrected chi connectivity index (χ1v) is 9.22. The number of nitro benzene ring substituents is 1. The summed E-state index contributed by atoms with van der Waals surface area (Å²) >= 11 is 0. The summed E-state index contributed by atoms with van der Waals surface area (Å²) in [4.78, 5) is 35.5. The molecule has 10 nitrogen and oxygen atoms in total. The van der Waals surface area contributed by atoms with Gasteiger partial charge >= 0.3 is 5.69 Å². The van der Waals surface area contributed by atoms with E-state index in [1.54, 1.807) is 23.6 Å². The minimum absolute atomic E-state index is 0.111. The number of nitrogens with zero attached hydrogens (tertiary/aromatic N) is 4. The first kappa shape index (κ1) is 18.7. The van der Waals surface area contributed by atoms with E-state index in [0.29, 0.717) is 17.1 Å². The molecule has 1 fully saturated rings. The van der Waals surface area contributed by atoms with Crippen molar-refractivity contribution >= 4 is 11.6 Å². The fraction of sp³-hybridized carbons (Fsp3) is 0.316. The molecule has 0 saturated heterocycles. The van der Waals surface area contributed by atoms with Gasteiger partial charge in [-0.2, -0.15) is 0 Å². The average Bonchev–Trinajstić information content (AvgIpc) is 3.27. The maximum Gasteiger partial charge on any atom is 0.346 e. The van der Waals surface area contributed by atoms with Gasteiger partial charge in [-0.25, -0.2) is 9.48 Å². The molecule has 0 atom stereocenters. The Morgan fingerprint density at radius 2 is 2.17 bits per heavy atom. The second-order valence-corrected chi connectivity index (χ2v) is 6.92. The first-order chi connectivity index (χ1) is 14.0. The predicted molar refractivity (Wildman–Crippen MR) is 103 cm³/mol. The van der Waals surface area contributed by atoms with E-state index in [1.165, 1.54) is 29.1 Å². The van der Waals surface area contributed by atoms with Gasteiger partial charge in [-0.05, 0) is 38.0 Å². The van der Waals surface area contributed by atoms with Crippen molar-refractivity contribution in [2.45, 2.75) is 32.4 Å². The highest BCUT2D eigenvalue weighted by atomic mass is 16.6.